The van der Waals surface area contributed by atoms with Crippen LogP contribution in [0.15, 0.2) is 0 Å². The molecule has 0 aromatic rings. The van der Waals surface area contributed by atoms with Crippen molar-refractivity contribution in [3.05, 3.63) is 21.3 Å². The van der Waals surface area contributed by atoms with E-state index in [-0.39, 0.29) is 31.8 Å². The summed E-state index contributed by atoms with van der Waals surface area (Å²) in [6.45, 7) is 23.6. The van der Waals surface area contributed by atoms with Gasteiger partial charge in [0.1, 0.15) is 0 Å². The molecule has 0 saturated carbocycles. The van der Waals surface area contributed by atoms with E-state index in [9.17, 15) is 0 Å². The molecule has 27 heavy (non-hydrogen) atoms. The number of carbonyl (C=O) groups excluding carboxylic acids is 2. The summed E-state index contributed by atoms with van der Waals surface area (Å²) in [6.07, 6.45) is 2.72. The Kier molecular flexibility index (Phi) is 39.0. The Balaban J connectivity index is -0.0000000975. The van der Waals surface area contributed by atoms with Crippen molar-refractivity contribution in [2.45, 2.75) is 92.6 Å². The molecule has 0 N–H and O–H groups in total. The van der Waals surface area contributed by atoms with Crippen LogP contribution in [0.4, 0.5) is 0 Å². The maximum atomic E-state index is 7.75. The molecule has 0 saturated heterocycles. The van der Waals surface area contributed by atoms with E-state index in [0.717, 1.165) is 12.8 Å². The summed E-state index contributed by atoms with van der Waals surface area (Å²) in [5.41, 5.74) is 0. The van der Waals surface area contributed by atoms with Crippen LogP contribution in [-0.4, -0.2) is 52.1 Å². The average molecular weight is 472 g/mol. The van der Waals surface area contributed by atoms with E-state index in [2.05, 4.69) is 90.2 Å². The van der Waals surface area contributed by atoms with Crippen LogP contribution in [0.25, 0.3) is 21.3 Å². The maximum Gasteiger partial charge on any atom is 6.00 e. The van der Waals surface area contributed by atoms with Crippen molar-refractivity contribution < 1.29 is 29.1 Å². The SMILES string of the molecule is CCC(C)C([N-]C)[N-]C(C)C.CCC(C)C([N-]C)[N-]C(C)C.[CH-]=O.[CH-]=O.[Ru+6]. The fourth-order valence-corrected chi connectivity index (χ4v) is 1.97. The predicted octanol–water partition coefficient (Wildman–Crippen LogP) is 5.74. The Morgan fingerprint density at radius 1 is 0.630 bits per heavy atom. The van der Waals surface area contributed by atoms with Crippen LogP contribution in [-0.2, 0) is 29.1 Å². The summed E-state index contributed by atoms with van der Waals surface area (Å²) in [5, 5.41) is 17.5. The molecule has 4 atom stereocenters. The van der Waals surface area contributed by atoms with Crippen molar-refractivity contribution in [2.75, 3.05) is 14.1 Å². The molecule has 0 heterocycles. The summed E-state index contributed by atoms with van der Waals surface area (Å²) < 4.78 is 0. The van der Waals surface area contributed by atoms with Crippen molar-refractivity contribution >= 4 is 13.6 Å². The zero-order valence-electron chi connectivity index (χ0n) is 19.0. The predicted molar refractivity (Wildman–Crippen MR) is 116 cm³/mol. The van der Waals surface area contributed by atoms with Gasteiger partial charge in [0.15, 0.2) is 0 Å². The van der Waals surface area contributed by atoms with Crippen molar-refractivity contribution in [3.63, 3.8) is 0 Å². The van der Waals surface area contributed by atoms with E-state index >= 15 is 0 Å². The molecule has 0 amide bonds. The Bertz CT molecular complexity index is 246. The largest absolute Gasteiger partial charge is 6.00 e. The van der Waals surface area contributed by atoms with Gasteiger partial charge < -0.3 is 30.9 Å². The van der Waals surface area contributed by atoms with E-state index in [1.165, 1.54) is 0 Å². The Morgan fingerprint density at radius 3 is 0.963 bits per heavy atom. The van der Waals surface area contributed by atoms with Gasteiger partial charge in [-0.25, -0.2) is 12.3 Å². The third-order valence-corrected chi connectivity index (χ3v) is 3.74. The van der Waals surface area contributed by atoms with Crippen LogP contribution < -0.4 is 0 Å². The van der Waals surface area contributed by atoms with Crippen molar-refractivity contribution in [2.24, 2.45) is 11.8 Å². The number of hydrogen-bond donors (Lipinski definition) is 0. The first-order valence-electron chi connectivity index (χ1n) is 9.28. The van der Waals surface area contributed by atoms with E-state index in [1.54, 1.807) is 0 Å². The van der Waals surface area contributed by atoms with Gasteiger partial charge in [0.2, 0.25) is 0 Å². The summed E-state index contributed by atoms with van der Waals surface area (Å²) in [5.74, 6) is 1.17. The monoisotopic (exact) mass is 472 g/mol. The summed E-state index contributed by atoms with van der Waals surface area (Å²) in [4.78, 5) is 15.5. The average Bonchev–Trinajstić information content (AvgIpc) is 2.66. The Hall–Kier alpha value is -0.197. The molecule has 0 aromatic heterocycles. The molecule has 0 aliphatic heterocycles. The molecule has 0 aliphatic carbocycles. The summed E-state index contributed by atoms with van der Waals surface area (Å²) in [6, 6.07) is 0.801. The first kappa shape index (κ1) is 37.5. The second-order valence-corrected chi connectivity index (χ2v) is 6.60. The van der Waals surface area contributed by atoms with Gasteiger partial charge in [-0.05, 0) is 0 Å². The van der Waals surface area contributed by atoms with Gasteiger partial charge in [0.05, 0.1) is 0 Å². The zero-order valence-corrected chi connectivity index (χ0v) is 20.7. The Morgan fingerprint density at radius 2 is 0.852 bits per heavy atom. The van der Waals surface area contributed by atoms with Gasteiger partial charge in [-0.2, -0.15) is 14.1 Å². The molecule has 0 fully saturated rings. The maximum absolute atomic E-state index is 7.75. The van der Waals surface area contributed by atoms with E-state index in [1.807, 2.05) is 14.1 Å². The van der Waals surface area contributed by atoms with Crippen LogP contribution in [0.5, 0.6) is 0 Å². The van der Waals surface area contributed by atoms with Gasteiger partial charge in [0, 0.05) is 0 Å². The molecule has 0 aliphatic rings. The molecular weight excluding hydrogens is 429 g/mol. The van der Waals surface area contributed by atoms with Crippen LogP contribution in [0.3, 0.4) is 0 Å². The van der Waals surface area contributed by atoms with Crippen LogP contribution in [0.1, 0.15) is 68.2 Å². The second-order valence-electron chi connectivity index (χ2n) is 6.60. The molecule has 162 valence electrons. The summed E-state index contributed by atoms with van der Waals surface area (Å²) in [7, 11) is 3.70. The van der Waals surface area contributed by atoms with E-state index in [4.69, 9.17) is 9.59 Å². The molecular formula is C20H42N4O2Ru. The molecule has 7 heteroatoms. The fourth-order valence-electron chi connectivity index (χ4n) is 1.97. The third-order valence-electron chi connectivity index (χ3n) is 3.74. The van der Waals surface area contributed by atoms with Crippen LogP contribution in [0, 0.1) is 11.8 Å². The van der Waals surface area contributed by atoms with Crippen molar-refractivity contribution in [3.8, 4) is 0 Å². The van der Waals surface area contributed by atoms with Gasteiger partial charge in [-0.15, -0.1) is 12.1 Å². The van der Waals surface area contributed by atoms with E-state index < -0.39 is 0 Å². The topological polar surface area (TPSA) is 90.5 Å². The third kappa shape index (κ3) is 25.8. The number of hydrogen-bond acceptors (Lipinski definition) is 2. The molecule has 0 aromatic carbocycles. The first-order valence-corrected chi connectivity index (χ1v) is 9.28. The normalized spacial score (nSPS) is 14.1. The minimum absolute atomic E-state index is 0. The minimum Gasteiger partial charge on any atom is -0.680 e. The first-order chi connectivity index (χ1) is 12.2. The van der Waals surface area contributed by atoms with Gasteiger partial charge in [-0.3, -0.25) is 13.6 Å². The number of rotatable bonds is 10. The van der Waals surface area contributed by atoms with Crippen LogP contribution in [0.2, 0.25) is 0 Å². The quantitative estimate of drug-likeness (QED) is 0.231. The van der Waals surface area contributed by atoms with Crippen LogP contribution >= 0.6 is 0 Å². The number of nitrogens with zero attached hydrogens (tertiary/aromatic N) is 4. The molecule has 0 radical (unpaired) electrons. The van der Waals surface area contributed by atoms with Crippen molar-refractivity contribution in [1.82, 2.24) is 0 Å². The van der Waals surface area contributed by atoms with Gasteiger partial charge in [-0.1, -0.05) is 80.1 Å². The molecule has 0 rings (SSSR count). The van der Waals surface area contributed by atoms with Gasteiger partial charge >= 0.3 is 19.5 Å². The zero-order chi connectivity index (χ0) is 21.7. The second kappa shape index (κ2) is 28.0. The molecule has 6 nitrogen and oxygen atoms in total. The standard InChI is InChI=1S/2C9H20N2.2CHO.Ru/c2*1-6-8(4)9(10-5)11-7(2)3;2*1-2;/h2*7-9H,6H2,1-5H3;2*1H;/q2*-2;2*-1;+6. The van der Waals surface area contributed by atoms with Crippen molar-refractivity contribution in [1.29, 1.82) is 0 Å². The Labute approximate surface area is 182 Å². The molecule has 0 bridgehead atoms. The van der Waals surface area contributed by atoms with E-state index in [0.29, 0.717) is 23.9 Å². The van der Waals surface area contributed by atoms with Gasteiger partial charge in [0.25, 0.3) is 0 Å². The molecule has 0 spiro atoms. The fraction of sp³-hybridized carbons (Fsp3) is 0.900. The minimum atomic E-state index is 0. The smallest absolute Gasteiger partial charge is 0.680 e. The molecule has 4 unspecified atom stereocenters. The summed E-state index contributed by atoms with van der Waals surface area (Å²) >= 11 is 0.